The molecule has 0 radical (unpaired) electrons. The number of benzene rings is 1. The molecule has 2 aromatic rings. The van der Waals surface area contributed by atoms with Crippen molar-refractivity contribution in [1.29, 1.82) is 0 Å². The molecule has 1 aromatic heterocycles. The first kappa shape index (κ1) is 13.5. The first-order valence-corrected chi connectivity index (χ1v) is 6.88. The number of carbonyl (C=O) groups is 1. The van der Waals surface area contributed by atoms with E-state index in [0.717, 1.165) is 5.56 Å². The van der Waals surface area contributed by atoms with Gasteiger partial charge in [0, 0.05) is 19.0 Å². The number of carbonyl (C=O) groups excluding carboxylic acids is 1. The van der Waals surface area contributed by atoms with E-state index in [1.54, 1.807) is 17.3 Å². The Morgan fingerprint density at radius 2 is 2.16 bits per heavy atom. The van der Waals surface area contributed by atoms with Crippen molar-refractivity contribution in [2.75, 3.05) is 12.8 Å². The molecule has 1 amide bonds. The van der Waals surface area contributed by atoms with Gasteiger partial charge >= 0.3 is 0 Å². The molecule has 0 aliphatic rings. The molecular weight excluding hydrogens is 258 g/mol. The third-order valence-corrected chi connectivity index (χ3v) is 3.67. The Morgan fingerprint density at radius 1 is 1.42 bits per heavy atom. The third-order valence-electron chi connectivity index (χ3n) is 2.99. The van der Waals surface area contributed by atoms with Gasteiger partial charge < -0.3 is 10.6 Å². The van der Waals surface area contributed by atoms with Crippen LogP contribution in [0.3, 0.4) is 0 Å². The lowest BCUT2D eigenvalue weighted by molar-refractivity contribution is 0.0780. The second-order valence-corrected chi connectivity index (χ2v) is 5.55. The SMILES string of the molecule is Cc1ccc(CN(C)C(=O)c2csc(N)n2)c(C)c1. The highest BCUT2D eigenvalue weighted by Crippen LogP contribution is 2.16. The van der Waals surface area contributed by atoms with Gasteiger partial charge in [-0.2, -0.15) is 0 Å². The number of anilines is 1. The lowest BCUT2D eigenvalue weighted by Crippen LogP contribution is -2.26. The molecule has 0 saturated carbocycles. The van der Waals surface area contributed by atoms with Gasteiger partial charge in [0.15, 0.2) is 5.13 Å². The van der Waals surface area contributed by atoms with E-state index >= 15 is 0 Å². The highest BCUT2D eigenvalue weighted by molar-refractivity contribution is 7.13. The molecule has 0 atom stereocenters. The van der Waals surface area contributed by atoms with Crippen LogP contribution in [-0.2, 0) is 6.54 Å². The van der Waals surface area contributed by atoms with Crippen LogP contribution in [0.1, 0.15) is 27.2 Å². The van der Waals surface area contributed by atoms with Crippen molar-refractivity contribution in [3.05, 3.63) is 46.0 Å². The van der Waals surface area contributed by atoms with Gasteiger partial charge in [0.05, 0.1) is 0 Å². The Balaban J connectivity index is 2.12. The summed E-state index contributed by atoms with van der Waals surface area (Å²) >= 11 is 1.28. The van der Waals surface area contributed by atoms with E-state index < -0.39 is 0 Å². The van der Waals surface area contributed by atoms with Crippen molar-refractivity contribution >= 4 is 22.4 Å². The fourth-order valence-electron chi connectivity index (χ4n) is 1.93. The molecular formula is C14H17N3OS. The molecule has 2 rings (SSSR count). The Morgan fingerprint density at radius 3 is 2.74 bits per heavy atom. The summed E-state index contributed by atoms with van der Waals surface area (Å²) in [5.41, 5.74) is 9.52. The van der Waals surface area contributed by atoms with Gasteiger partial charge in [-0.25, -0.2) is 4.98 Å². The number of nitrogens with two attached hydrogens (primary N) is 1. The van der Waals surface area contributed by atoms with Crippen LogP contribution < -0.4 is 5.73 Å². The van der Waals surface area contributed by atoms with E-state index in [0.29, 0.717) is 17.4 Å². The fourth-order valence-corrected chi connectivity index (χ4v) is 2.47. The smallest absolute Gasteiger partial charge is 0.273 e. The third kappa shape index (κ3) is 3.12. The quantitative estimate of drug-likeness (QED) is 0.936. The highest BCUT2D eigenvalue weighted by atomic mass is 32.1. The minimum atomic E-state index is -0.104. The molecule has 19 heavy (non-hydrogen) atoms. The summed E-state index contributed by atoms with van der Waals surface area (Å²) in [5.74, 6) is -0.104. The Labute approximate surface area is 116 Å². The first-order valence-electron chi connectivity index (χ1n) is 6.00. The molecule has 1 heterocycles. The lowest BCUT2D eigenvalue weighted by atomic mass is 10.1. The van der Waals surface area contributed by atoms with Crippen molar-refractivity contribution in [3.63, 3.8) is 0 Å². The number of thiazole rings is 1. The van der Waals surface area contributed by atoms with Crippen LogP contribution >= 0.6 is 11.3 Å². The van der Waals surface area contributed by atoms with Crippen LogP contribution in [0.15, 0.2) is 23.6 Å². The van der Waals surface area contributed by atoms with Crippen LogP contribution in [0.2, 0.25) is 0 Å². The molecule has 0 spiro atoms. The number of nitrogen functional groups attached to an aromatic ring is 1. The van der Waals surface area contributed by atoms with Crippen LogP contribution in [0.25, 0.3) is 0 Å². The Bertz CT molecular complexity index is 606. The van der Waals surface area contributed by atoms with Gasteiger partial charge in [-0.15, -0.1) is 11.3 Å². The first-order chi connectivity index (χ1) is 8.97. The summed E-state index contributed by atoms with van der Waals surface area (Å²) in [5, 5.41) is 2.11. The van der Waals surface area contributed by atoms with Crippen molar-refractivity contribution in [1.82, 2.24) is 9.88 Å². The van der Waals surface area contributed by atoms with Crippen molar-refractivity contribution < 1.29 is 4.79 Å². The molecule has 0 saturated heterocycles. The zero-order chi connectivity index (χ0) is 14.0. The normalized spacial score (nSPS) is 10.5. The summed E-state index contributed by atoms with van der Waals surface area (Å²) in [6, 6.07) is 6.24. The van der Waals surface area contributed by atoms with E-state index in [2.05, 4.69) is 37.0 Å². The maximum Gasteiger partial charge on any atom is 0.273 e. The van der Waals surface area contributed by atoms with Crippen molar-refractivity contribution in [2.24, 2.45) is 0 Å². The molecule has 5 heteroatoms. The minimum absolute atomic E-state index is 0.104. The second-order valence-electron chi connectivity index (χ2n) is 4.66. The Kier molecular flexibility index (Phi) is 3.85. The topological polar surface area (TPSA) is 59.2 Å². The predicted molar refractivity (Wildman–Crippen MR) is 78.2 cm³/mol. The minimum Gasteiger partial charge on any atom is -0.375 e. The van der Waals surface area contributed by atoms with Gasteiger partial charge in [-0.1, -0.05) is 23.8 Å². The highest BCUT2D eigenvalue weighted by Gasteiger charge is 2.15. The zero-order valence-corrected chi connectivity index (χ0v) is 12.1. The van der Waals surface area contributed by atoms with Gasteiger partial charge in [0.25, 0.3) is 5.91 Å². The van der Waals surface area contributed by atoms with E-state index in [9.17, 15) is 4.79 Å². The van der Waals surface area contributed by atoms with Gasteiger partial charge in [-0.3, -0.25) is 4.79 Å². The largest absolute Gasteiger partial charge is 0.375 e. The monoisotopic (exact) mass is 275 g/mol. The standard InChI is InChI=1S/C14H17N3OS/c1-9-4-5-11(10(2)6-9)7-17(3)13(18)12-8-19-14(15)16-12/h4-6,8H,7H2,1-3H3,(H2,15,16). The molecule has 100 valence electrons. The molecule has 1 aromatic carbocycles. The summed E-state index contributed by atoms with van der Waals surface area (Å²) in [6.45, 7) is 4.69. The van der Waals surface area contributed by atoms with E-state index in [-0.39, 0.29) is 5.91 Å². The average Bonchev–Trinajstić information content (AvgIpc) is 2.78. The van der Waals surface area contributed by atoms with Crippen molar-refractivity contribution in [2.45, 2.75) is 20.4 Å². The van der Waals surface area contributed by atoms with Crippen LogP contribution in [-0.4, -0.2) is 22.8 Å². The van der Waals surface area contributed by atoms with Gasteiger partial charge in [0.2, 0.25) is 0 Å². The summed E-state index contributed by atoms with van der Waals surface area (Å²) in [6.07, 6.45) is 0. The predicted octanol–water partition coefficient (Wildman–Crippen LogP) is 2.61. The van der Waals surface area contributed by atoms with Crippen LogP contribution in [0, 0.1) is 13.8 Å². The number of hydrogen-bond acceptors (Lipinski definition) is 4. The molecule has 0 bridgehead atoms. The van der Waals surface area contributed by atoms with E-state index in [4.69, 9.17) is 5.73 Å². The number of aromatic nitrogens is 1. The Hall–Kier alpha value is -1.88. The summed E-state index contributed by atoms with van der Waals surface area (Å²) in [7, 11) is 1.77. The maximum absolute atomic E-state index is 12.2. The van der Waals surface area contributed by atoms with Crippen LogP contribution in [0.5, 0.6) is 0 Å². The maximum atomic E-state index is 12.2. The van der Waals surface area contributed by atoms with Gasteiger partial charge in [0.1, 0.15) is 5.69 Å². The number of rotatable bonds is 3. The molecule has 0 aliphatic carbocycles. The number of amides is 1. The lowest BCUT2D eigenvalue weighted by Gasteiger charge is -2.17. The summed E-state index contributed by atoms with van der Waals surface area (Å²) < 4.78 is 0. The molecule has 0 unspecified atom stereocenters. The summed E-state index contributed by atoms with van der Waals surface area (Å²) in [4.78, 5) is 17.8. The average molecular weight is 275 g/mol. The van der Waals surface area contributed by atoms with E-state index in [1.807, 2.05) is 0 Å². The second kappa shape index (κ2) is 5.40. The molecule has 4 nitrogen and oxygen atoms in total. The number of nitrogens with zero attached hydrogens (tertiary/aromatic N) is 2. The van der Waals surface area contributed by atoms with Crippen LogP contribution in [0.4, 0.5) is 5.13 Å². The van der Waals surface area contributed by atoms with Gasteiger partial charge in [-0.05, 0) is 25.0 Å². The fraction of sp³-hybridized carbons (Fsp3) is 0.286. The number of aryl methyl sites for hydroxylation is 2. The molecule has 0 aliphatic heterocycles. The van der Waals surface area contributed by atoms with Crippen molar-refractivity contribution in [3.8, 4) is 0 Å². The molecule has 0 fully saturated rings. The zero-order valence-electron chi connectivity index (χ0n) is 11.3. The number of hydrogen-bond donors (Lipinski definition) is 1. The molecule has 2 N–H and O–H groups in total. The van der Waals surface area contributed by atoms with E-state index in [1.165, 1.54) is 22.5 Å².